The van der Waals surface area contributed by atoms with E-state index in [4.69, 9.17) is 16.3 Å². The number of carbonyl (C=O) groups excluding carboxylic acids is 1. The molecule has 0 aliphatic heterocycles. The second kappa shape index (κ2) is 7.88. The van der Waals surface area contributed by atoms with Crippen molar-refractivity contribution in [3.8, 4) is 5.75 Å². The van der Waals surface area contributed by atoms with Gasteiger partial charge in [0.25, 0.3) is 0 Å². The molecule has 0 atom stereocenters. The molecule has 5 heteroatoms. The fourth-order valence-corrected chi connectivity index (χ4v) is 2.38. The number of rotatable bonds is 6. The zero-order valence-electron chi connectivity index (χ0n) is 13.6. The maximum absolute atomic E-state index is 12.1. The van der Waals surface area contributed by atoms with Crippen LogP contribution < -0.4 is 15.4 Å². The molecule has 2 N–H and O–H groups in total. The van der Waals surface area contributed by atoms with Crippen LogP contribution in [-0.4, -0.2) is 19.6 Å². The molecule has 2 aromatic rings. The van der Waals surface area contributed by atoms with Crippen molar-refractivity contribution >= 4 is 28.9 Å². The molecule has 2 rings (SSSR count). The number of carbonyl (C=O) groups is 1. The fraction of sp³-hybridized carbons (Fsp3) is 0.278. The second-order valence-corrected chi connectivity index (χ2v) is 5.82. The third kappa shape index (κ3) is 4.89. The minimum absolute atomic E-state index is 0.0350. The van der Waals surface area contributed by atoms with Gasteiger partial charge in [0.2, 0.25) is 5.91 Å². The number of halogens is 1. The molecular formula is C18H21ClN2O2. The van der Waals surface area contributed by atoms with E-state index in [1.165, 1.54) is 0 Å². The van der Waals surface area contributed by atoms with Crippen LogP contribution in [0.25, 0.3) is 0 Å². The van der Waals surface area contributed by atoms with Gasteiger partial charge < -0.3 is 15.4 Å². The summed E-state index contributed by atoms with van der Waals surface area (Å²) in [6.45, 7) is 4.47. The van der Waals surface area contributed by atoms with Gasteiger partial charge in [-0.15, -0.1) is 0 Å². The molecule has 0 spiro atoms. The van der Waals surface area contributed by atoms with Crippen LogP contribution in [-0.2, 0) is 4.79 Å². The Hall–Kier alpha value is -2.20. The number of anilines is 2. The molecule has 122 valence electrons. The monoisotopic (exact) mass is 332 g/mol. The van der Waals surface area contributed by atoms with E-state index in [2.05, 4.69) is 10.6 Å². The number of nitrogens with one attached hydrogen (secondary N) is 2. The number of amides is 1. The Kier molecular flexibility index (Phi) is 5.88. The Morgan fingerprint density at radius 3 is 2.65 bits per heavy atom. The van der Waals surface area contributed by atoms with Gasteiger partial charge in [0.05, 0.1) is 12.8 Å². The van der Waals surface area contributed by atoms with Gasteiger partial charge in [0, 0.05) is 23.7 Å². The average Bonchev–Trinajstić information content (AvgIpc) is 2.51. The molecule has 0 bridgehead atoms. The Bertz CT molecular complexity index is 701. The van der Waals surface area contributed by atoms with Crippen molar-refractivity contribution in [1.82, 2.24) is 0 Å². The number of hydrogen-bond donors (Lipinski definition) is 2. The van der Waals surface area contributed by atoms with Gasteiger partial charge in [0.1, 0.15) is 5.75 Å². The van der Waals surface area contributed by atoms with Crippen LogP contribution in [0.4, 0.5) is 11.4 Å². The summed E-state index contributed by atoms with van der Waals surface area (Å²) < 4.78 is 5.26. The van der Waals surface area contributed by atoms with Crippen molar-refractivity contribution < 1.29 is 9.53 Å². The maximum atomic E-state index is 12.1. The summed E-state index contributed by atoms with van der Waals surface area (Å²) >= 11 is 5.98. The normalized spacial score (nSPS) is 10.3. The maximum Gasteiger partial charge on any atom is 0.226 e. The number of ether oxygens (including phenoxy) is 1. The van der Waals surface area contributed by atoms with Crippen molar-refractivity contribution in [2.24, 2.45) is 0 Å². The Morgan fingerprint density at radius 2 is 1.91 bits per heavy atom. The molecule has 0 heterocycles. The molecule has 0 unspecified atom stereocenters. The van der Waals surface area contributed by atoms with Gasteiger partial charge in [-0.25, -0.2) is 0 Å². The minimum Gasteiger partial charge on any atom is -0.495 e. The number of benzene rings is 2. The summed E-state index contributed by atoms with van der Waals surface area (Å²) in [5, 5.41) is 6.74. The zero-order valence-corrected chi connectivity index (χ0v) is 14.3. The van der Waals surface area contributed by atoms with E-state index in [1.54, 1.807) is 25.3 Å². The topological polar surface area (TPSA) is 50.4 Å². The Morgan fingerprint density at radius 1 is 1.13 bits per heavy atom. The summed E-state index contributed by atoms with van der Waals surface area (Å²) in [7, 11) is 1.60. The van der Waals surface area contributed by atoms with Gasteiger partial charge in [-0.05, 0) is 49.2 Å². The molecule has 0 aromatic heterocycles. The number of methoxy groups -OCH3 is 1. The molecule has 0 aliphatic rings. The highest BCUT2D eigenvalue weighted by atomic mass is 35.5. The van der Waals surface area contributed by atoms with Crippen molar-refractivity contribution in [3.63, 3.8) is 0 Å². The van der Waals surface area contributed by atoms with Crippen LogP contribution in [0, 0.1) is 13.8 Å². The van der Waals surface area contributed by atoms with E-state index in [0.29, 0.717) is 23.7 Å². The molecule has 0 saturated heterocycles. The lowest BCUT2D eigenvalue weighted by atomic mass is 10.1. The SMILES string of the molecule is COc1ccc(Cl)cc1NCCC(=O)Nc1cc(C)ccc1C. The first kappa shape index (κ1) is 17.2. The van der Waals surface area contributed by atoms with Gasteiger partial charge in [-0.2, -0.15) is 0 Å². The van der Waals surface area contributed by atoms with Crippen LogP contribution in [0.2, 0.25) is 5.02 Å². The average molecular weight is 333 g/mol. The summed E-state index contributed by atoms with van der Waals surface area (Å²) in [6, 6.07) is 11.3. The standard InChI is InChI=1S/C18H21ClN2O2/c1-12-4-5-13(2)15(10-12)21-18(22)8-9-20-16-11-14(19)6-7-17(16)23-3/h4-7,10-11,20H,8-9H2,1-3H3,(H,21,22). The highest BCUT2D eigenvalue weighted by Gasteiger charge is 2.07. The third-order valence-electron chi connectivity index (χ3n) is 3.50. The third-order valence-corrected chi connectivity index (χ3v) is 3.73. The summed E-state index contributed by atoms with van der Waals surface area (Å²) in [5.74, 6) is 0.663. The van der Waals surface area contributed by atoms with Crippen LogP contribution in [0.5, 0.6) is 5.75 Å². The van der Waals surface area contributed by atoms with Gasteiger partial charge in [-0.3, -0.25) is 4.79 Å². The van der Waals surface area contributed by atoms with E-state index in [-0.39, 0.29) is 5.91 Å². The van der Waals surface area contributed by atoms with E-state index < -0.39 is 0 Å². The largest absolute Gasteiger partial charge is 0.495 e. The van der Waals surface area contributed by atoms with Crippen molar-refractivity contribution in [2.45, 2.75) is 20.3 Å². The first-order valence-electron chi connectivity index (χ1n) is 7.44. The van der Waals surface area contributed by atoms with Crippen molar-refractivity contribution in [2.75, 3.05) is 24.3 Å². The molecule has 0 aliphatic carbocycles. The highest BCUT2D eigenvalue weighted by molar-refractivity contribution is 6.30. The number of aryl methyl sites for hydroxylation is 2. The first-order valence-corrected chi connectivity index (χ1v) is 7.82. The summed E-state index contributed by atoms with van der Waals surface area (Å²) in [6.07, 6.45) is 0.350. The second-order valence-electron chi connectivity index (χ2n) is 5.39. The molecule has 2 aromatic carbocycles. The molecule has 23 heavy (non-hydrogen) atoms. The van der Waals surface area contributed by atoms with Crippen LogP contribution in [0.15, 0.2) is 36.4 Å². The van der Waals surface area contributed by atoms with Gasteiger partial charge >= 0.3 is 0 Å². The quantitative estimate of drug-likeness (QED) is 0.824. The van der Waals surface area contributed by atoms with E-state index in [9.17, 15) is 4.79 Å². The molecular weight excluding hydrogens is 312 g/mol. The van der Waals surface area contributed by atoms with E-state index >= 15 is 0 Å². The fourth-order valence-electron chi connectivity index (χ4n) is 2.21. The lowest BCUT2D eigenvalue weighted by molar-refractivity contribution is -0.115. The number of hydrogen-bond acceptors (Lipinski definition) is 3. The molecule has 0 fully saturated rings. The van der Waals surface area contributed by atoms with Gasteiger partial charge in [0.15, 0.2) is 0 Å². The molecule has 1 amide bonds. The van der Waals surface area contributed by atoms with Crippen LogP contribution in [0.1, 0.15) is 17.5 Å². The molecule has 0 radical (unpaired) electrons. The first-order chi connectivity index (χ1) is 11.0. The van der Waals surface area contributed by atoms with E-state index in [1.807, 2.05) is 32.0 Å². The Labute approximate surface area is 141 Å². The molecule has 0 saturated carbocycles. The van der Waals surface area contributed by atoms with Crippen LogP contribution >= 0.6 is 11.6 Å². The minimum atomic E-state index is -0.0350. The zero-order chi connectivity index (χ0) is 16.8. The van der Waals surface area contributed by atoms with Crippen molar-refractivity contribution in [3.05, 3.63) is 52.5 Å². The summed E-state index contributed by atoms with van der Waals surface area (Å²) in [4.78, 5) is 12.1. The lowest BCUT2D eigenvalue weighted by Crippen LogP contribution is -2.17. The van der Waals surface area contributed by atoms with Gasteiger partial charge in [-0.1, -0.05) is 23.7 Å². The van der Waals surface area contributed by atoms with Crippen LogP contribution in [0.3, 0.4) is 0 Å². The highest BCUT2D eigenvalue weighted by Crippen LogP contribution is 2.27. The summed E-state index contributed by atoms with van der Waals surface area (Å²) in [5.41, 5.74) is 3.80. The smallest absolute Gasteiger partial charge is 0.226 e. The van der Waals surface area contributed by atoms with E-state index in [0.717, 1.165) is 22.5 Å². The predicted octanol–water partition coefficient (Wildman–Crippen LogP) is 4.41. The lowest BCUT2D eigenvalue weighted by Gasteiger charge is -2.12. The van der Waals surface area contributed by atoms with Crippen molar-refractivity contribution in [1.29, 1.82) is 0 Å². The Balaban J connectivity index is 1.90. The molecule has 4 nitrogen and oxygen atoms in total. The predicted molar refractivity (Wildman–Crippen MR) is 95.7 cm³/mol.